The number of aromatic nitrogens is 2. The van der Waals surface area contributed by atoms with Crippen molar-refractivity contribution < 1.29 is 4.92 Å². The SMILES string of the molecule is O=[N+]([O-])c1cccc(/C=N/c2nnc(Cc3ccccc3)s2)c1. The zero-order valence-corrected chi connectivity index (χ0v) is 12.8. The second-order valence-electron chi connectivity index (χ2n) is 4.75. The van der Waals surface area contributed by atoms with Crippen molar-refractivity contribution >= 4 is 28.4 Å². The van der Waals surface area contributed by atoms with E-state index >= 15 is 0 Å². The number of benzene rings is 2. The third-order valence-corrected chi connectivity index (χ3v) is 3.89. The monoisotopic (exact) mass is 324 g/mol. The Bertz CT molecular complexity index is 846. The highest BCUT2D eigenvalue weighted by molar-refractivity contribution is 7.15. The predicted molar refractivity (Wildman–Crippen MR) is 89.5 cm³/mol. The number of hydrogen-bond donors (Lipinski definition) is 0. The lowest BCUT2D eigenvalue weighted by atomic mass is 10.2. The number of aliphatic imine (C=N–C) groups is 1. The van der Waals surface area contributed by atoms with Crippen LogP contribution in [0.25, 0.3) is 0 Å². The Hall–Kier alpha value is -2.93. The first-order chi connectivity index (χ1) is 11.2. The molecule has 0 aliphatic rings. The van der Waals surface area contributed by atoms with Gasteiger partial charge in [-0.25, -0.2) is 4.99 Å². The molecule has 0 aliphatic heterocycles. The molecule has 2 aromatic carbocycles. The molecule has 0 atom stereocenters. The van der Waals surface area contributed by atoms with Gasteiger partial charge in [0.15, 0.2) is 0 Å². The predicted octanol–water partition coefficient (Wildman–Crippen LogP) is 3.79. The number of nitro benzene ring substituents is 1. The Morgan fingerprint density at radius 3 is 2.74 bits per heavy atom. The minimum absolute atomic E-state index is 0.0379. The Balaban J connectivity index is 1.71. The molecule has 0 bridgehead atoms. The highest BCUT2D eigenvalue weighted by atomic mass is 32.1. The fourth-order valence-electron chi connectivity index (χ4n) is 1.99. The summed E-state index contributed by atoms with van der Waals surface area (Å²) in [7, 11) is 0. The molecule has 3 aromatic rings. The van der Waals surface area contributed by atoms with Crippen molar-refractivity contribution in [3.8, 4) is 0 Å². The molecule has 23 heavy (non-hydrogen) atoms. The fraction of sp³-hybridized carbons (Fsp3) is 0.0625. The molecule has 7 heteroatoms. The van der Waals surface area contributed by atoms with Gasteiger partial charge in [-0.3, -0.25) is 10.1 Å². The van der Waals surface area contributed by atoms with Crippen LogP contribution in [0.3, 0.4) is 0 Å². The zero-order valence-electron chi connectivity index (χ0n) is 12.0. The summed E-state index contributed by atoms with van der Waals surface area (Å²) in [5.41, 5.74) is 1.85. The molecule has 0 radical (unpaired) electrons. The van der Waals surface area contributed by atoms with Crippen molar-refractivity contribution in [1.82, 2.24) is 10.2 Å². The summed E-state index contributed by atoms with van der Waals surface area (Å²) in [6.07, 6.45) is 2.27. The Morgan fingerprint density at radius 2 is 1.96 bits per heavy atom. The lowest BCUT2D eigenvalue weighted by Crippen LogP contribution is -1.89. The normalized spacial score (nSPS) is 11.0. The van der Waals surface area contributed by atoms with Crippen LogP contribution in [0.1, 0.15) is 16.1 Å². The van der Waals surface area contributed by atoms with Crippen molar-refractivity contribution in [3.05, 3.63) is 80.8 Å². The summed E-state index contributed by atoms with van der Waals surface area (Å²) in [5, 5.41) is 20.3. The first-order valence-corrected chi connectivity index (χ1v) is 7.67. The third-order valence-electron chi connectivity index (χ3n) is 3.06. The van der Waals surface area contributed by atoms with Gasteiger partial charge >= 0.3 is 0 Å². The van der Waals surface area contributed by atoms with Crippen LogP contribution in [0, 0.1) is 10.1 Å². The fourth-order valence-corrected chi connectivity index (χ4v) is 2.71. The van der Waals surface area contributed by atoms with E-state index in [0.29, 0.717) is 17.1 Å². The second kappa shape index (κ2) is 6.89. The standard InChI is InChI=1S/C16H12N4O2S/c21-20(22)14-8-4-7-13(9-14)11-17-16-19-18-15(23-16)10-12-5-2-1-3-6-12/h1-9,11H,10H2/b17-11+. The van der Waals surface area contributed by atoms with Crippen LogP contribution in [0.5, 0.6) is 0 Å². The number of non-ortho nitro benzene ring substituents is 1. The van der Waals surface area contributed by atoms with Gasteiger partial charge in [-0.15, -0.1) is 10.2 Å². The average Bonchev–Trinajstić information content (AvgIpc) is 3.01. The van der Waals surface area contributed by atoms with Gasteiger partial charge < -0.3 is 0 Å². The molecule has 0 saturated carbocycles. The summed E-state index contributed by atoms with van der Waals surface area (Å²) in [6, 6.07) is 16.3. The molecular formula is C16H12N4O2S. The van der Waals surface area contributed by atoms with Crippen LogP contribution < -0.4 is 0 Å². The summed E-state index contributed by atoms with van der Waals surface area (Å²) < 4.78 is 0. The summed E-state index contributed by atoms with van der Waals surface area (Å²) in [4.78, 5) is 14.6. The van der Waals surface area contributed by atoms with E-state index in [9.17, 15) is 10.1 Å². The summed E-state index contributed by atoms with van der Waals surface area (Å²) in [6.45, 7) is 0. The lowest BCUT2D eigenvalue weighted by molar-refractivity contribution is -0.384. The second-order valence-corrected chi connectivity index (χ2v) is 5.79. The quantitative estimate of drug-likeness (QED) is 0.406. The summed E-state index contributed by atoms with van der Waals surface area (Å²) >= 11 is 1.40. The molecule has 0 amide bonds. The maximum Gasteiger partial charge on any atom is 0.270 e. The Labute approximate surface area is 136 Å². The van der Waals surface area contributed by atoms with E-state index in [0.717, 1.165) is 10.6 Å². The molecule has 3 rings (SSSR count). The van der Waals surface area contributed by atoms with Gasteiger partial charge in [-0.1, -0.05) is 53.8 Å². The van der Waals surface area contributed by atoms with Crippen LogP contribution in [0.15, 0.2) is 59.6 Å². The summed E-state index contributed by atoms with van der Waals surface area (Å²) in [5.74, 6) is 0. The van der Waals surface area contributed by atoms with E-state index in [1.165, 1.54) is 23.5 Å². The Kier molecular flexibility index (Phi) is 4.49. The maximum absolute atomic E-state index is 10.7. The van der Waals surface area contributed by atoms with Crippen LogP contribution in [0.4, 0.5) is 10.8 Å². The molecule has 0 N–H and O–H groups in total. The molecule has 1 heterocycles. The van der Waals surface area contributed by atoms with Gasteiger partial charge in [0.05, 0.1) is 4.92 Å². The minimum Gasteiger partial charge on any atom is -0.258 e. The number of rotatable bonds is 5. The van der Waals surface area contributed by atoms with E-state index in [4.69, 9.17) is 0 Å². The van der Waals surface area contributed by atoms with Gasteiger partial charge in [0.25, 0.3) is 5.69 Å². The molecule has 6 nitrogen and oxygen atoms in total. The van der Waals surface area contributed by atoms with Crippen molar-refractivity contribution in [3.63, 3.8) is 0 Å². The number of nitrogens with zero attached hydrogens (tertiary/aromatic N) is 4. The molecule has 114 valence electrons. The smallest absolute Gasteiger partial charge is 0.258 e. The molecule has 0 aliphatic carbocycles. The minimum atomic E-state index is -0.430. The first-order valence-electron chi connectivity index (χ1n) is 6.85. The van der Waals surface area contributed by atoms with Crippen molar-refractivity contribution in [1.29, 1.82) is 0 Å². The molecular weight excluding hydrogens is 312 g/mol. The zero-order chi connectivity index (χ0) is 16.1. The van der Waals surface area contributed by atoms with Gasteiger partial charge in [0.2, 0.25) is 5.13 Å². The van der Waals surface area contributed by atoms with Gasteiger partial charge in [-0.05, 0) is 11.1 Å². The van der Waals surface area contributed by atoms with Gasteiger partial charge in [-0.2, -0.15) is 0 Å². The number of hydrogen-bond acceptors (Lipinski definition) is 6. The van der Waals surface area contributed by atoms with E-state index in [2.05, 4.69) is 15.2 Å². The third kappa shape index (κ3) is 4.04. The highest BCUT2D eigenvalue weighted by Crippen LogP contribution is 2.21. The number of nitro groups is 1. The van der Waals surface area contributed by atoms with Gasteiger partial charge in [0, 0.05) is 24.8 Å². The molecule has 1 aromatic heterocycles. The largest absolute Gasteiger partial charge is 0.270 e. The van der Waals surface area contributed by atoms with E-state index in [1.54, 1.807) is 18.3 Å². The average molecular weight is 324 g/mol. The Morgan fingerprint density at radius 1 is 1.13 bits per heavy atom. The maximum atomic E-state index is 10.7. The first kappa shape index (κ1) is 15.0. The van der Waals surface area contributed by atoms with Crippen molar-refractivity contribution in [2.45, 2.75) is 6.42 Å². The van der Waals surface area contributed by atoms with E-state index in [1.807, 2.05) is 30.3 Å². The van der Waals surface area contributed by atoms with Crippen LogP contribution in [0.2, 0.25) is 0 Å². The highest BCUT2D eigenvalue weighted by Gasteiger charge is 2.06. The van der Waals surface area contributed by atoms with E-state index in [-0.39, 0.29) is 5.69 Å². The van der Waals surface area contributed by atoms with Crippen molar-refractivity contribution in [2.75, 3.05) is 0 Å². The topological polar surface area (TPSA) is 81.3 Å². The van der Waals surface area contributed by atoms with Crippen LogP contribution >= 0.6 is 11.3 Å². The van der Waals surface area contributed by atoms with Crippen molar-refractivity contribution in [2.24, 2.45) is 4.99 Å². The van der Waals surface area contributed by atoms with E-state index < -0.39 is 4.92 Å². The molecule has 0 unspecified atom stereocenters. The van der Waals surface area contributed by atoms with Crippen LogP contribution in [-0.4, -0.2) is 21.3 Å². The molecule has 0 saturated heterocycles. The van der Waals surface area contributed by atoms with Gasteiger partial charge in [0.1, 0.15) is 5.01 Å². The lowest BCUT2D eigenvalue weighted by Gasteiger charge is -1.94. The van der Waals surface area contributed by atoms with Crippen LogP contribution in [-0.2, 0) is 6.42 Å². The molecule has 0 fully saturated rings. The molecule has 0 spiro atoms.